The van der Waals surface area contributed by atoms with E-state index in [1.807, 2.05) is 7.05 Å². The molecular weight excluding hydrogens is 469 g/mol. The minimum absolute atomic E-state index is 0. The summed E-state index contributed by atoms with van der Waals surface area (Å²) < 4.78 is 5.42. The van der Waals surface area contributed by atoms with Gasteiger partial charge in [0.15, 0.2) is 5.96 Å². The molecule has 3 N–H and O–H groups in total. The molecule has 0 aromatic rings. The van der Waals surface area contributed by atoms with Gasteiger partial charge in [-0.05, 0) is 38.0 Å². The van der Waals surface area contributed by atoms with Crippen LogP contribution in [0.3, 0.4) is 0 Å². The third-order valence-corrected chi connectivity index (χ3v) is 5.82. The first kappa shape index (κ1) is 23.7. The van der Waals surface area contributed by atoms with Gasteiger partial charge in [-0.3, -0.25) is 14.7 Å². The molecule has 3 atom stereocenters. The predicted molar refractivity (Wildman–Crippen MR) is 123 cm³/mol. The van der Waals surface area contributed by atoms with Crippen LogP contribution in [-0.4, -0.2) is 75.3 Å². The van der Waals surface area contributed by atoms with Gasteiger partial charge < -0.3 is 20.7 Å². The molecule has 7 nitrogen and oxygen atoms in total. The van der Waals surface area contributed by atoms with Crippen LogP contribution >= 0.6 is 24.0 Å². The third kappa shape index (κ3) is 8.02. The van der Waals surface area contributed by atoms with E-state index in [9.17, 15) is 4.79 Å². The van der Waals surface area contributed by atoms with Crippen LogP contribution in [0.2, 0.25) is 0 Å². The first-order chi connectivity index (χ1) is 13.1. The molecule has 2 aliphatic carbocycles. The van der Waals surface area contributed by atoms with Crippen LogP contribution in [0.15, 0.2) is 4.99 Å². The molecule has 3 fully saturated rings. The Morgan fingerprint density at radius 2 is 1.89 bits per heavy atom. The number of hydrogen-bond donors (Lipinski definition) is 3. The number of hydrogen-bond acceptors (Lipinski definition) is 4. The van der Waals surface area contributed by atoms with Gasteiger partial charge in [0.05, 0.1) is 13.2 Å². The van der Waals surface area contributed by atoms with Crippen molar-refractivity contribution in [3.63, 3.8) is 0 Å². The van der Waals surface area contributed by atoms with E-state index in [4.69, 9.17) is 4.74 Å². The summed E-state index contributed by atoms with van der Waals surface area (Å²) in [6.07, 6.45) is 6.43. The van der Waals surface area contributed by atoms with Crippen molar-refractivity contribution in [2.75, 3.05) is 46.4 Å². The molecule has 1 heterocycles. The van der Waals surface area contributed by atoms with Gasteiger partial charge in [-0.15, -0.1) is 24.0 Å². The summed E-state index contributed by atoms with van der Waals surface area (Å²) in [5.41, 5.74) is 0. The lowest BCUT2D eigenvalue weighted by Crippen LogP contribution is -2.48. The Kier molecular flexibility index (Phi) is 10.3. The number of nitrogens with zero attached hydrogens (tertiary/aromatic N) is 2. The molecule has 0 bridgehead atoms. The summed E-state index contributed by atoms with van der Waals surface area (Å²) in [7, 11) is 1.82. The molecule has 3 unspecified atom stereocenters. The van der Waals surface area contributed by atoms with Gasteiger partial charge in [0.25, 0.3) is 0 Å². The average molecular weight is 507 g/mol. The monoisotopic (exact) mass is 507 g/mol. The maximum atomic E-state index is 12.4. The zero-order valence-electron chi connectivity index (χ0n) is 17.4. The number of ether oxygens (including phenoxy) is 1. The number of nitrogens with one attached hydrogen (secondary N) is 3. The van der Waals surface area contributed by atoms with Gasteiger partial charge >= 0.3 is 0 Å². The van der Waals surface area contributed by atoms with E-state index in [1.165, 1.54) is 0 Å². The van der Waals surface area contributed by atoms with Crippen molar-refractivity contribution in [3.05, 3.63) is 0 Å². The molecule has 0 radical (unpaired) electrons. The van der Waals surface area contributed by atoms with Gasteiger partial charge in [0.1, 0.15) is 0 Å². The highest BCUT2D eigenvalue weighted by molar-refractivity contribution is 14.0. The zero-order valence-corrected chi connectivity index (χ0v) is 19.7. The van der Waals surface area contributed by atoms with E-state index < -0.39 is 0 Å². The molecule has 0 aromatic carbocycles. The highest BCUT2D eigenvalue weighted by Gasteiger charge is 2.31. The lowest BCUT2D eigenvalue weighted by atomic mass is 9.85. The molecule has 3 aliphatic rings. The summed E-state index contributed by atoms with van der Waals surface area (Å²) in [6.45, 7) is 8.01. The number of amides is 1. The molecular formula is C20H38IN5O2. The van der Waals surface area contributed by atoms with Crippen LogP contribution in [0, 0.1) is 11.8 Å². The van der Waals surface area contributed by atoms with Crippen molar-refractivity contribution in [3.8, 4) is 0 Å². The third-order valence-electron chi connectivity index (χ3n) is 5.82. The second-order valence-electron chi connectivity index (χ2n) is 8.46. The molecule has 2 saturated carbocycles. The van der Waals surface area contributed by atoms with Crippen LogP contribution in [0.1, 0.15) is 45.4 Å². The van der Waals surface area contributed by atoms with Crippen LogP contribution in [0.25, 0.3) is 0 Å². The quantitative estimate of drug-likeness (QED) is 0.277. The molecule has 1 saturated heterocycles. The molecule has 1 amide bonds. The van der Waals surface area contributed by atoms with Gasteiger partial charge in [-0.25, -0.2) is 0 Å². The number of morpholine rings is 1. The van der Waals surface area contributed by atoms with Gasteiger partial charge in [-0.1, -0.05) is 13.3 Å². The summed E-state index contributed by atoms with van der Waals surface area (Å²) >= 11 is 0. The van der Waals surface area contributed by atoms with Crippen LogP contribution < -0.4 is 16.0 Å². The number of guanidine groups is 1. The zero-order chi connectivity index (χ0) is 19.1. The molecule has 28 heavy (non-hydrogen) atoms. The lowest BCUT2D eigenvalue weighted by Gasteiger charge is -2.31. The number of carbonyl (C=O) groups excluding carboxylic acids is 1. The normalized spacial score (nSPS) is 27.4. The van der Waals surface area contributed by atoms with Crippen molar-refractivity contribution in [2.24, 2.45) is 16.8 Å². The molecule has 1 aliphatic heterocycles. The highest BCUT2D eigenvalue weighted by atomic mass is 127. The SMILES string of the molecule is CN=C(NCC(C)CN1CCOCC1)NC1CCCC(C(=O)NC2CC2)C1.I. The Hall–Kier alpha value is -0.610. The first-order valence-corrected chi connectivity index (χ1v) is 10.7. The first-order valence-electron chi connectivity index (χ1n) is 10.7. The smallest absolute Gasteiger partial charge is 0.223 e. The highest BCUT2D eigenvalue weighted by Crippen LogP contribution is 2.26. The maximum absolute atomic E-state index is 12.4. The maximum Gasteiger partial charge on any atom is 0.223 e. The molecule has 0 spiro atoms. The van der Waals surface area contributed by atoms with Crippen LogP contribution in [0.4, 0.5) is 0 Å². The Balaban J connectivity index is 0.00000280. The number of carbonyl (C=O) groups is 1. The van der Waals surface area contributed by atoms with E-state index in [-0.39, 0.29) is 35.8 Å². The fourth-order valence-corrected chi connectivity index (χ4v) is 4.05. The van der Waals surface area contributed by atoms with Crippen molar-refractivity contribution < 1.29 is 9.53 Å². The fourth-order valence-electron chi connectivity index (χ4n) is 4.05. The summed E-state index contributed by atoms with van der Waals surface area (Å²) in [4.78, 5) is 19.2. The molecule has 3 rings (SSSR count). The lowest BCUT2D eigenvalue weighted by molar-refractivity contribution is -0.126. The van der Waals surface area contributed by atoms with Gasteiger partial charge in [0.2, 0.25) is 5.91 Å². The van der Waals surface area contributed by atoms with E-state index in [0.717, 1.165) is 83.9 Å². The Labute approximate surface area is 186 Å². The van der Waals surface area contributed by atoms with E-state index in [0.29, 0.717) is 18.0 Å². The summed E-state index contributed by atoms with van der Waals surface area (Å²) in [6, 6.07) is 0.780. The van der Waals surface area contributed by atoms with Crippen LogP contribution in [0.5, 0.6) is 0 Å². The molecule has 8 heteroatoms. The minimum atomic E-state index is 0. The van der Waals surface area contributed by atoms with E-state index in [1.54, 1.807) is 0 Å². The number of halogens is 1. The Morgan fingerprint density at radius 3 is 2.57 bits per heavy atom. The second-order valence-corrected chi connectivity index (χ2v) is 8.46. The number of aliphatic imine (C=N–C) groups is 1. The fraction of sp³-hybridized carbons (Fsp3) is 0.900. The van der Waals surface area contributed by atoms with E-state index >= 15 is 0 Å². The van der Waals surface area contributed by atoms with Crippen molar-refractivity contribution >= 4 is 35.8 Å². The Morgan fingerprint density at radius 1 is 1.14 bits per heavy atom. The van der Waals surface area contributed by atoms with E-state index in [2.05, 4.69) is 32.8 Å². The standard InChI is InChI=1S/C20H37N5O2.HI/c1-15(14-25-8-10-27-11-9-25)13-22-20(21-2)24-18-5-3-4-16(12-18)19(26)23-17-6-7-17;/h15-18H,3-14H2,1-2H3,(H,23,26)(H2,21,22,24);1H. The molecule has 162 valence electrons. The van der Waals surface area contributed by atoms with Crippen LogP contribution in [-0.2, 0) is 9.53 Å². The topological polar surface area (TPSA) is 78.0 Å². The Bertz CT molecular complexity index is 509. The van der Waals surface area contributed by atoms with Gasteiger partial charge in [0, 0.05) is 51.2 Å². The largest absolute Gasteiger partial charge is 0.379 e. The average Bonchev–Trinajstić information content (AvgIpc) is 3.50. The predicted octanol–water partition coefficient (Wildman–Crippen LogP) is 1.58. The summed E-state index contributed by atoms with van der Waals surface area (Å²) in [5.74, 6) is 1.81. The van der Waals surface area contributed by atoms with Crippen molar-refractivity contribution in [1.82, 2.24) is 20.9 Å². The summed E-state index contributed by atoms with van der Waals surface area (Å²) in [5, 5.41) is 10.2. The van der Waals surface area contributed by atoms with Crippen molar-refractivity contribution in [2.45, 2.75) is 57.5 Å². The second kappa shape index (κ2) is 12.2. The minimum Gasteiger partial charge on any atom is -0.379 e. The van der Waals surface area contributed by atoms with Gasteiger partial charge in [-0.2, -0.15) is 0 Å². The van der Waals surface area contributed by atoms with Crippen molar-refractivity contribution in [1.29, 1.82) is 0 Å². The molecule has 0 aromatic heterocycles. The number of rotatable bonds is 7.